The van der Waals surface area contributed by atoms with Crippen LogP contribution in [0.5, 0.6) is 0 Å². The minimum atomic E-state index is 0.469. The SMILES string of the molecule is CC(C)c1ccc2oc(-c3cccc(-n4cnnc4)c3)nc2c1. The Balaban J connectivity index is 1.78. The van der Waals surface area contributed by atoms with Gasteiger partial charge in [0.2, 0.25) is 5.89 Å². The van der Waals surface area contributed by atoms with Crippen LogP contribution in [0.2, 0.25) is 0 Å². The van der Waals surface area contributed by atoms with Gasteiger partial charge in [-0.25, -0.2) is 4.98 Å². The van der Waals surface area contributed by atoms with E-state index in [9.17, 15) is 0 Å². The Bertz CT molecular complexity index is 954. The highest BCUT2D eigenvalue weighted by Crippen LogP contribution is 2.27. The maximum atomic E-state index is 5.91. The molecule has 0 saturated carbocycles. The molecule has 0 amide bonds. The van der Waals surface area contributed by atoms with Crippen molar-refractivity contribution in [2.75, 3.05) is 0 Å². The molecule has 0 fully saturated rings. The second kappa shape index (κ2) is 5.35. The van der Waals surface area contributed by atoms with Crippen LogP contribution in [0, 0.1) is 0 Å². The fourth-order valence-corrected chi connectivity index (χ4v) is 2.56. The van der Waals surface area contributed by atoms with Crippen LogP contribution in [-0.2, 0) is 0 Å². The van der Waals surface area contributed by atoms with E-state index in [2.05, 4.69) is 41.2 Å². The first-order valence-corrected chi connectivity index (χ1v) is 7.56. The minimum Gasteiger partial charge on any atom is -0.436 e. The van der Waals surface area contributed by atoms with Gasteiger partial charge in [-0.05, 0) is 41.8 Å². The zero-order valence-electron chi connectivity index (χ0n) is 13.0. The molecule has 0 saturated heterocycles. The molecule has 4 rings (SSSR count). The van der Waals surface area contributed by atoms with E-state index >= 15 is 0 Å². The molecule has 5 heteroatoms. The largest absolute Gasteiger partial charge is 0.436 e. The highest BCUT2D eigenvalue weighted by atomic mass is 16.3. The van der Waals surface area contributed by atoms with Crippen LogP contribution in [0.15, 0.2) is 59.5 Å². The first-order valence-electron chi connectivity index (χ1n) is 7.56. The minimum absolute atomic E-state index is 0.469. The zero-order chi connectivity index (χ0) is 15.8. The van der Waals surface area contributed by atoms with Crippen LogP contribution in [0.3, 0.4) is 0 Å². The molecule has 2 aromatic heterocycles. The van der Waals surface area contributed by atoms with Crippen molar-refractivity contribution < 1.29 is 4.42 Å². The van der Waals surface area contributed by atoms with Gasteiger partial charge < -0.3 is 4.42 Å². The molecular formula is C18H16N4O. The van der Waals surface area contributed by atoms with E-state index in [1.165, 1.54) is 5.56 Å². The Morgan fingerprint density at radius 1 is 1.00 bits per heavy atom. The van der Waals surface area contributed by atoms with E-state index in [0.29, 0.717) is 11.8 Å². The van der Waals surface area contributed by atoms with Crippen molar-refractivity contribution >= 4 is 11.1 Å². The molecule has 5 nitrogen and oxygen atoms in total. The zero-order valence-corrected chi connectivity index (χ0v) is 13.0. The summed E-state index contributed by atoms with van der Waals surface area (Å²) in [4.78, 5) is 4.64. The van der Waals surface area contributed by atoms with E-state index in [-0.39, 0.29) is 0 Å². The van der Waals surface area contributed by atoms with Gasteiger partial charge in [-0.15, -0.1) is 10.2 Å². The van der Waals surface area contributed by atoms with Gasteiger partial charge in [-0.1, -0.05) is 26.0 Å². The molecule has 0 N–H and O–H groups in total. The Morgan fingerprint density at radius 3 is 2.61 bits per heavy atom. The number of fused-ring (bicyclic) bond motifs is 1. The summed E-state index contributed by atoms with van der Waals surface area (Å²) in [5.74, 6) is 1.09. The van der Waals surface area contributed by atoms with Gasteiger partial charge >= 0.3 is 0 Å². The maximum Gasteiger partial charge on any atom is 0.227 e. The number of nitrogens with zero attached hydrogens (tertiary/aromatic N) is 4. The van der Waals surface area contributed by atoms with E-state index < -0.39 is 0 Å². The lowest BCUT2D eigenvalue weighted by molar-refractivity contribution is 0.619. The summed E-state index contributed by atoms with van der Waals surface area (Å²) in [6.45, 7) is 4.34. The molecular weight excluding hydrogens is 288 g/mol. The monoisotopic (exact) mass is 304 g/mol. The van der Waals surface area contributed by atoms with Crippen molar-refractivity contribution in [3.8, 4) is 17.1 Å². The molecule has 0 radical (unpaired) electrons. The molecule has 0 aliphatic carbocycles. The van der Waals surface area contributed by atoms with Crippen molar-refractivity contribution in [1.29, 1.82) is 0 Å². The summed E-state index contributed by atoms with van der Waals surface area (Å²) >= 11 is 0. The van der Waals surface area contributed by atoms with Gasteiger partial charge in [-0.2, -0.15) is 0 Å². The Morgan fingerprint density at radius 2 is 1.83 bits per heavy atom. The van der Waals surface area contributed by atoms with Crippen molar-refractivity contribution in [2.24, 2.45) is 0 Å². The molecule has 0 bridgehead atoms. The van der Waals surface area contributed by atoms with Crippen LogP contribution in [-0.4, -0.2) is 19.7 Å². The van der Waals surface area contributed by atoms with Gasteiger partial charge in [0.15, 0.2) is 5.58 Å². The van der Waals surface area contributed by atoms with Crippen molar-refractivity contribution in [3.05, 3.63) is 60.7 Å². The number of rotatable bonds is 3. The normalized spacial score (nSPS) is 11.4. The fraction of sp³-hybridized carbons (Fsp3) is 0.167. The third kappa shape index (κ3) is 2.50. The van der Waals surface area contributed by atoms with E-state index in [4.69, 9.17) is 4.42 Å². The summed E-state index contributed by atoms with van der Waals surface area (Å²) in [6, 6.07) is 14.1. The Labute approximate surface area is 133 Å². The number of hydrogen-bond acceptors (Lipinski definition) is 4. The summed E-state index contributed by atoms with van der Waals surface area (Å²) in [5, 5.41) is 7.67. The molecule has 0 aliphatic rings. The maximum absolute atomic E-state index is 5.91. The van der Waals surface area contributed by atoms with Crippen LogP contribution < -0.4 is 0 Å². The molecule has 114 valence electrons. The lowest BCUT2D eigenvalue weighted by atomic mass is 10.0. The molecule has 2 heterocycles. The first kappa shape index (κ1) is 13.7. The molecule has 0 atom stereocenters. The third-order valence-electron chi connectivity index (χ3n) is 3.89. The third-order valence-corrected chi connectivity index (χ3v) is 3.89. The first-order chi connectivity index (χ1) is 11.2. The Hall–Kier alpha value is -2.95. The topological polar surface area (TPSA) is 56.7 Å². The summed E-state index contributed by atoms with van der Waals surface area (Å²) in [6.07, 6.45) is 3.33. The smallest absolute Gasteiger partial charge is 0.227 e. The lowest BCUT2D eigenvalue weighted by Crippen LogP contribution is -1.90. The second-order valence-corrected chi connectivity index (χ2v) is 5.82. The van der Waals surface area contributed by atoms with Gasteiger partial charge in [0, 0.05) is 11.3 Å². The number of benzene rings is 2. The number of hydrogen-bond donors (Lipinski definition) is 0. The number of oxazole rings is 1. The fourth-order valence-electron chi connectivity index (χ4n) is 2.56. The van der Waals surface area contributed by atoms with E-state index in [1.54, 1.807) is 12.7 Å². The number of aromatic nitrogens is 4. The predicted octanol–water partition coefficient (Wildman–Crippen LogP) is 4.20. The van der Waals surface area contributed by atoms with E-state index in [1.807, 2.05) is 34.9 Å². The standard InChI is InChI=1S/C18H16N4O/c1-12(2)13-6-7-17-16(9-13)21-18(23-17)14-4-3-5-15(8-14)22-10-19-20-11-22/h3-12H,1-2H3. The quantitative estimate of drug-likeness (QED) is 0.569. The van der Waals surface area contributed by atoms with Crippen LogP contribution in [0.4, 0.5) is 0 Å². The average Bonchev–Trinajstić information content (AvgIpc) is 3.23. The van der Waals surface area contributed by atoms with Crippen LogP contribution >= 0.6 is 0 Å². The van der Waals surface area contributed by atoms with Gasteiger partial charge in [0.05, 0.1) is 0 Å². The molecule has 0 unspecified atom stereocenters. The molecule has 23 heavy (non-hydrogen) atoms. The predicted molar refractivity (Wildman–Crippen MR) is 88.5 cm³/mol. The van der Waals surface area contributed by atoms with Crippen molar-refractivity contribution in [1.82, 2.24) is 19.7 Å². The highest BCUT2D eigenvalue weighted by molar-refractivity contribution is 5.77. The Kier molecular flexibility index (Phi) is 3.19. The molecule has 2 aromatic carbocycles. The summed E-state index contributed by atoms with van der Waals surface area (Å²) in [5.41, 5.74) is 4.85. The van der Waals surface area contributed by atoms with Crippen LogP contribution in [0.1, 0.15) is 25.3 Å². The second-order valence-electron chi connectivity index (χ2n) is 5.82. The lowest BCUT2D eigenvalue weighted by Gasteiger charge is -2.02. The average molecular weight is 304 g/mol. The van der Waals surface area contributed by atoms with E-state index in [0.717, 1.165) is 22.4 Å². The van der Waals surface area contributed by atoms with Crippen LogP contribution in [0.25, 0.3) is 28.2 Å². The highest BCUT2D eigenvalue weighted by Gasteiger charge is 2.11. The van der Waals surface area contributed by atoms with Gasteiger partial charge in [-0.3, -0.25) is 4.57 Å². The van der Waals surface area contributed by atoms with Crippen molar-refractivity contribution in [3.63, 3.8) is 0 Å². The summed E-state index contributed by atoms with van der Waals surface area (Å²) < 4.78 is 7.76. The molecule has 0 spiro atoms. The van der Waals surface area contributed by atoms with Crippen molar-refractivity contribution in [2.45, 2.75) is 19.8 Å². The molecule has 4 aromatic rings. The van der Waals surface area contributed by atoms with Gasteiger partial charge in [0.1, 0.15) is 18.2 Å². The summed E-state index contributed by atoms with van der Waals surface area (Å²) in [7, 11) is 0. The molecule has 0 aliphatic heterocycles. The van der Waals surface area contributed by atoms with Gasteiger partial charge in [0.25, 0.3) is 0 Å².